The number of hydrogen-bond acceptors (Lipinski definition) is 4. The molecular formula is C16H23ClN2O3S2. The van der Waals surface area contributed by atoms with Crippen molar-refractivity contribution >= 4 is 38.9 Å². The monoisotopic (exact) mass is 390 g/mol. The Morgan fingerprint density at radius 2 is 1.83 bits per heavy atom. The number of rotatable bonds is 4. The van der Waals surface area contributed by atoms with Crippen LogP contribution in [0.15, 0.2) is 16.3 Å². The molecule has 2 saturated heterocycles. The van der Waals surface area contributed by atoms with Gasteiger partial charge in [-0.25, -0.2) is 8.42 Å². The lowest BCUT2D eigenvalue weighted by Crippen LogP contribution is -2.43. The van der Waals surface area contributed by atoms with E-state index in [1.165, 1.54) is 4.31 Å². The summed E-state index contributed by atoms with van der Waals surface area (Å²) in [7, 11) is -3.45. The predicted octanol–water partition coefficient (Wildman–Crippen LogP) is 3.06. The van der Waals surface area contributed by atoms with Crippen molar-refractivity contribution in [3.05, 3.63) is 16.5 Å². The highest BCUT2D eigenvalue weighted by molar-refractivity contribution is 7.91. The van der Waals surface area contributed by atoms with Crippen molar-refractivity contribution in [2.45, 2.75) is 36.8 Å². The molecule has 0 aliphatic carbocycles. The summed E-state index contributed by atoms with van der Waals surface area (Å²) in [6, 6.07) is 3.18. The molecular weight excluding hydrogens is 368 g/mol. The maximum Gasteiger partial charge on any atom is 0.252 e. The van der Waals surface area contributed by atoms with Gasteiger partial charge >= 0.3 is 0 Å². The van der Waals surface area contributed by atoms with Crippen molar-refractivity contribution in [3.8, 4) is 0 Å². The summed E-state index contributed by atoms with van der Waals surface area (Å²) in [6.45, 7) is 4.68. The molecule has 134 valence electrons. The topological polar surface area (TPSA) is 57.7 Å². The fourth-order valence-corrected chi connectivity index (χ4v) is 6.71. The molecule has 0 bridgehead atoms. The maximum atomic E-state index is 12.6. The van der Waals surface area contributed by atoms with Crippen LogP contribution in [0, 0.1) is 11.8 Å². The van der Waals surface area contributed by atoms with E-state index in [4.69, 9.17) is 11.6 Å². The van der Waals surface area contributed by atoms with Gasteiger partial charge in [0.15, 0.2) is 0 Å². The average molecular weight is 391 g/mol. The Balaban J connectivity index is 1.60. The Bertz CT molecular complexity index is 690. The zero-order valence-corrected chi connectivity index (χ0v) is 16.2. The van der Waals surface area contributed by atoms with Crippen molar-refractivity contribution in [2.24, 2.45) is 11.8 Å². The van der Waals surface area contributed by atoms with Crippen LogP contribution in [-0.2, 0) is 14.8 Å². The molecule has 3 rings (SSSR count). The van der Waals surface area contributed by atoms with E-state index in [2.05, 4.69) is 0 Å². The standard InChI is InChI=1S/C16H23ClN2O3S2/c1-12(16(20)18-8-2-3-9-18)13-6-10-19(11-7-13)24(21,22)15-5-4-14(17)23-15/h4-5,12-13H,2-3,6-11H2,1H3/t12-/m0/s1. The molecule has 2 aliphatic heterocycles. The smallest absolute Gasteiger partial charge is 0.252 e. The molecule has 3 heterocycles. The molecule has 0 spiro atoms. The van der Waals surface area contributed by atoms with Gasteiger partial charge in [-0.05, 0) is 43.7 Å². The highest BCUT2D eigenvalue weighted by Crippen LogP contribution is 2.33. The quantitative estimate of drug-likeness (QED) is 0.793. The van der Waals surface area contributed by atoms with Gasteiger partial charge in [-0.3, -0.25) is 4.79 Å². The van der Waals surface area contributed by atoms with E-state index in [1.54, 1.807) is 12.1 Å². The van der Waals surface area contributed by atoms with Crippen LogP contribution in [0.25, 0.3) is 0 Å². The van der Waals surface area contributed by atoms with Crippen LogP contribution in [0.1, 0.15) is 32.6 Å². The number of hydrogen-bond donors (Lipinski definition) is 0. The first-order valence-electron chi connectivity index (χ1n) is 8.44. The number of carbonyl (C=O) groups is 1. The summed E-state index contributed by atoms with van der Waals surface area (Å²) in [5.41, 5.74) is 0. The van der Waals surface area contributed by atoms with E-state index in [-0.39, 0.29) is 17.7 Å². The van der Waals surface area contributed by atoms with Gasteiger partial charge in [0.1, 0.15) is 4.21 Å². The molecule has 1 amide bonds. The van der Waals surface area contributed by atoms with Crippen LogP contribution in [0.2, 0.25) is 4.34 Å². The summed E-state index contributed by atoms with van der Waals surface area (Å²) in [6.07, 6.45) is 3.66. The number of piperidine rings is 1. The fraction of sp³-hybridized carbons (Fsp3) is 0.688. The van der Waals surface area contributed by atoms with E-state index < -0.39 is 10.0 Å². The SMILES string of the molecule is C[C@H](C(=O)N1CCCC1)C1CCN(S(=O)(=O)c2ccc(Cl)s2)CC1. The van der Waals surface area contributed by atoms with E-state index in [0.717, 1.165) is 50.1 Å². The number of amides is 1. The summed E-state index contributed by atoms with van der Waals surface area (Å²) < 4.78 is 27.5. The Morgan fingerprint density at radius 1 is 1.21 bits per heavy atom. The number of carbonyl (C=O) groups excluding carboxylic acids is 1. The first-order chi connectivity index (χ1) is 11.4. The second-order valence-corrected chi connectivity index (χ2v) is 10.5. The number of halogens is 1. The molecule has 0 saturated carbocycles. The molecule has 1 atom stereocenters. The fourth-order valence-electron chi connectivity index (χ4n) is 3.61. The lowest BCUT2D eigenvalue weighted by atomic mass is 9.85. The molecule has 2 fully saturated rings. The Hall–Kier alpha value is -0.630. The van der Waals surface area contributed by atoms with Crippen LogP contribution in [0.4, 0.5) is 0 Å². The summed E-state index contributed by atoms with van der Waals surface area (Å²) in [4.78, 5) is 14.5. The van der Waals surface area contributed by atoms with Gasteiger partial charge in [0.25, 0.3) is 10.0 Å². The van der Waals surface area contributed by atoms with Crippen LogP contribution in [0.3, 0.4) is 0 Å². The van der Waals surface area contributed by atoms with E-state index >= 15 is 0 Å². The maximum absolute atomic E-state index is 12.6. The Morgan fingerprint density at radius 3 is 2.38 bits per heavy atom. The van der Waals surface area contributed by atoms with Gasteiger partial charge in [0.2, 0.25) is 5.91 Å². The van der Waals surface area contributed by atoms with Gasteiger partial charge in [-0.2, -0.15) is 4.31 Å². The van der Waals surface area contributed by atoms with Gasteiger partial charge in [-0.15, -0.1) is 11.3 Å². The molecule has 0 radical (unpaired) electrons. The van der Waals surface area contributed by atoms with E-state index in [9.17, 15) is 13.2 Å². The molecule has 1 aromatic heterocycles. The van der Waals surface area contributed by atoms with E-state index in [1.807, 2.05) is 11.8 Å². The third-order valence-electron chi connectivity index (χ3n) is 5.16. The van der Waals surface area contributed by atoms with Gasteiger partial charge in [-0.1, -0.05) is 18.5 Å². The largest absolute Gasteiger partial charge is 0.342 e. The van der Waals surface area contributed by atoms with Gasteiger partial charge < -0.3 is 4.90 Å². The highest BCUT2D eigenvalue weighted by Gasteiger charge is 2.35. The lowest BCUT2D eigenvalue weighted by molar-refractivity contribution is -0.136. The number of sulfonamides is 1. The second kappa shape index (κ2) is 7.32. The van der Waals surface area contributed by atoms with Crippen LogP contribution < -0.4 is 0 Å². The molecule has 5 nitrogen and oxygen atoms in total. The van der Waals surface area contributed by atoms with Crippen molar-refractivity contribution < 1.29 is 13.2 Å². The van der Waals surface area contributed by atoms with Crippen LogP contribution in [0.5, 0.6) is 0 Å². The number of likely N-dealkylation sites (tertiary alicyclic amines) is 1. The molecule has 24 heavy (non-hydrogen) atoms. The first-order valence-corrected chi connectivity index (χ1v) is 11.1. The van der Waals surface area contributed by atoms with Crippen LogP contribution in [-0.4, -0.2) is 49.7 Å². The third-order valence-corrected chi connectivity index (χ3v) is 8.75. The summed E-state index contributed by atoms with van der Waals surface area (Å²) in [5.74, 6) is 0.472. The normalized spacial score (nSPS) is 22.0. The first kappa shape index (κ1) is 18.2. The third kappa shape index (κ3) is 3.64. The molecule has 0 unspecified atom stereocenters. The Labute approximate surface area is 152 Å². The number of nitrogens with zero attached hydrogens (tertiary/aromatic N) is 2. The minimum Gasteiger partial charge on any atom is -0.342 e. The minimum absolute atomic E-state index is 0.0239. The highest BCUT2D eigenvalue weighted by atomic mass is 35.5. The summed E-state index contributed by atoms with van der Waals surface area (Å²) in [5, 5.41) is 0. The predicted molar refractivity (Wildman–Crippen MR) is 95.8 cm³/mol. The van der Waals surface area contributed by atoms with Crippen LogP contribution >= 0.6 is 22.9 Å². The van der Waals surface area contributed by atoms with Gasteiger partial charge in [0, 0.05) is 32.1 Å². The molecule has 0 N–H and O–H groups in total. The minimum atomic E-state index is -3.45. The number of thiophene rings is 1. The van der Waals surface area contributed by atoms with Crippen molar-refractivity contribution in [2.75, 3.05) is 26.2 Å². The van der Waals surface area contributed by atoms with E-state index in [0.29, 0.717) is 21.6 Å². The summed E-state index contributed by atoms with van der Waals surface area (Å²) >= 11 is 6.95. The van der Waals surface area contributed by atoms with Gasteiger partial charge in [0.05, 0.1) is 4.34 Å². The molecule has 1 aromatic rings. The molecule has 0 aromatic carbocycles. The van der Waals surface area contributed by atoms with Crippen molar-refractivity contribution in [3.63, 3.8) is 0 Å². The van der Waals surface area contributed by atoms with Crippen molar-refractivity contribution in [1.82, 2.24) is 9.21 Å². The molecule has 8 heteroatoms. The molecule has 2 aliphatic rings. The zero-order chi connectivity index (χ0) is 17.3. The lowest BCUT2D eigenvalue weighted by Gasteiger charge is -2.34. The van der Waals surface area contributed by atoms with Crippen molar-refractivity contribution in [1.29, 1.82) is 0 Å². The zero-order valence-electron chi connectivity index (χ0n) is 13.8. The Kier molecular flexibility index (Phi) is 5.54. The average Bonchev–Trinajstić information content (AvgIpc) is 3.25. The second-order valence-electron chi connectivity index (χ2n) is 6.62.